The second-order valence-electron chi connectivity index (χ2n) is 17.6. The van der Waals surface area contributed by atoms with Crippen molar-refractivity contribution in [2.75, 3.05) is 26.4 Å². The van der Waals surface area contributed by atoms with Gasteiger partial charge in [0, 0.05) is 6.42 Å². The summed E-state index contributed by atoms with van der Waals surface area (Å²) in [5.41, 5.74) is 0. The third-order valence-electron chi connectivity index (χ3n) is 13.9. The summed E-state index contributed by atoms with van der Waals surface area (Å²) in [6, 6.07) is 0. The minimum atomic E-state index is -0.624. The molecular formula is C44H78O6. The van der Waals surface area contributed by atoms with Gasteiger partial charge in [0.1, 0.15) is 18.8 Å². The number of epoxide rings is 2. The fourth-order valence-corrected chi connectivity index (χ4v) is 10.8. The van der Waals surface area contributed by atoms with Crippen LogP contribution >= 0.6 is 0 Å². The Labute approximate surface area is 307 Å². The number of ether oxygens (including phenoxy) is 4. The Morgan fingerprint density at radius 1 is 0.620 bits per heavy atom. The number of unbranched alkanes of at least 4 members (excludes halogenated alkanes) is 12. The first-order chi connectivity index (χ1) is 24.6. The quantitative estimate of drug-likeness (QED) is 0.0362. The first kappa shape index (κ1) is 40.5. The van der Waals surface area contributed by atoms with Crippen molar-refractivity contribution in [1.29, 1.82) is 0 Å². The largest absolute Gasteiger partial charge is 0.463 e. The van der Waals surface area contributed by atoms with E-state index in [9.17, 15) is 9.90 Å². The first-order valence-electron chi connectivity index (χ1n) is 22.3. The Kier molecular flexibility index (Phi) is 18.2. The number of hydrogen-bond acceptors (Lipinski definition) is 6. The van der Waals surface area contributed by atoms with E-state index in [1.165, 1.54) is 122 Å². The average molecular weight is 703 g/mol. The summed E-state index contributed by atoms with van der Waals surface area (Å²) in [6.45, 7) is 7.26. The summed E-state index contributed by atoms with van der Waals surface area (Å²) in [4.78, 5) is 12.0. The van der Waals surface area contributed by atoms with Gasteiger partial charge < -0.3 is 24.1 Å². The van der Waals surface area contributed by atoms with Crippen molar-refractivity contribution in [1.82, 2.24) is 0 Å². The molecule has 6 heteroatoms. The molecule has 5 fully saturated rings. The highest BCUT2D eigenvalue weighted by molar-refractivity contribution is 5.69. The van der Waals surface area contributed by atoms with E-state index in [0.717, 1.165) is 86.2 Å². The number of aliphatic hydroxyl groups is 1. The Morgan fingerprint density at radius 2 is 1.16 bits per heavy atom. The van der Waals surface area contributed by atoms with Crippen LogP contribution in [0.2, 0.25) is 0 Å². The second kappa shape index (κ2) is 22.5. The van der Waals surface area contributed by atoms with Crippen LogP contribution in [0.3, 0.4) is 0 Å². The molecule has 2 aliphatic heterocycles. The lowest BCUT2D eigenvalue weighted by Crippen LogP contribution is -2.54. The number of hydrogen-bond donors (Lipinski definition) is 1. The summed E-state index contributed by atoms with van der Waals surface area (Å²) in [6.07, 6.45) is 33.9. The Balaban J connectivity index is 1.10. The summed E-state index contributed by atoms with van der Waals surface area (Å²) < 4.78 is 21.2. The summed E-state index contributed by atoms with van der Waals surface area (Å²) in [7, 11) is 0. The highest BCUT2D eigenvalue weighted by Gasteiger charge is 2.55. The van der Waals surface area contributed by atoms with Gasteiger partial charge in [0.05, 0.1) is 19.8 Å². The molecule has 3 aliphatic carbocycles. The Hall–Kier alpha value is -0.690. The van der Waals surface area contributed by atoms with Crippen molar-refractivity contribution < 1.29 is 28.8 Å². The molecule has 2 saturated heterocycles. The third-order valence-corrected chi connectivity index (χ3v) is 13.9. The minimum Gasteiger partial charge on any atom is -0.463 e. The van der Waals surface area contributed by atoms with E-state index in [2.05, 4.69) is 13.8 Å². The standard InChI is InChI=1S/C44H78O6/c1-3-5-7-14-20-34-28-41-38(22-16-11-9-13-18-24-44(46)50-32-36-30-48-36)37(39-25-26-40(39)42(41)27-33(34)19-6-4-2)21-15-10-8-12-17-23-43(45)49-31-35-29-47-35/h33-42,44,46H,3-32H2,1-2H3. The molecule has 0 spiro atoms. The zero-order valence-corrected chi connectivity index (χ0v) is 32.6. The van der Waals surface area contributed by atoms with Gasteiger partial charge in [-0.25, -0.2) is 0 Å². The lowest BCUT2D eigenvalue weighted by atomic mass is 9.44. The summed E-state index contributed by atoms with van der Waals surface area (Å²) in [5.74, 6) is 7.83. The lowest BCUT2D eigenvalue weighted by molar-refractivity contribution is -0.144. The SMILES string of the molecule is CCCCCCC1CC2C(CCCCCCCC(O)OCC3CO3)C(CCCCCCCC(=O)OCC3CO3)C3CCC3C2CC1CCCC. The molecule has 0 amide bonds. The van der Waals surface area contributed by atoms with Gasteiger partial charge in [-0.2, -0.15) is 0 Å². The van der Waals surface area contributed by atoms with Gasteiger partial charge in [-0.1, -0.05) is 117 Å². The monoisotopic (exact) mass is 703 g/mol. The number of fused-ring (bicyclic) bond motifs is 3. The summed E-state index contributed by atoms with van der Waals surface area (Å²) in [5, 5.41) is 10.1. The topological polar surface area (TPSA) is 80.8 Å². The van der Waals surface area contributed by atoms with Crippen molar-refractivity contribution in [3.05, 3.63) is 0 Å². The molecule has 2 heterocycles. The average Bonchev–Trinajstić information content (AvgIpc) is 4.04. The van der Waals surface area contributed by atoms with Gasteiger partial charge in [-0.05, 0) is 105 Å². The molecule has 1 N–H and O–H groups in total. The first-order valence-corrected chi connectivity index (χ1v) is 22.3. The molecule has 5 aliphatic rings. The zero-order valence-electron chi connectivity index (χ0n) is 32.6. The fourth-order valence-electron chi connectivity index (χ4n) is 10.8. The molecule has 50 heavy (non-hydrogen) atoms. The van der Waals surface area contributed by atoms with Crippen LogP contribution in [0.4, 0.5) is 0 Å². The maximum absolute atomic E-state index is 12.0. The van der Waals surface area contributed by atoms with E-state index in [4.69, 9.17) is 18.9 Å². The van der Waals surface area contributed by atoms with Gasteiger partial charge in [-0.15, -0.1) is 0 Å². The maximum atomic E-state index is 12.0. The second-order valence-corrected chi connectivity index (χ2v) is 17.6. The van der Waals surface area contributed by atoms with E-state index in [0.29, 0.717) is 19.6 Å². The van der Waals surface area contributed by atoms with Gasteiger partial charge in [0.15, 0.2) is 6.29 Å². The number of rotatable bonds is 29. The molecule has 11 atom stereocenters. The normalized spacial score (nSPS) is 33.3. The Morgan fingerprint density at radius 3 is 1.82 bits per heavy atom. The van der Waals surface area contributed by atoms with E-state index in [1.807, 2.05) is 0 Å². The van der Waals surface area contributed by atoms with Crippen molar-refractivity contribution in [3.63, 3.8) is 0 Å². The number of aliphatic hydroxyl groups excluding tert-OH is 1. The molecule has 0 radical (unpaired) electrons. The molecule has 11 unspecified atom stereocenters. The minimum absolute atomic E-state index is 0.0461. The van der Waals surface area contributed by atoms with Crippen LogP contribution in [-0.2, 0) is 23.7 Å². The number of carbonyl (C=O) groups is 1. The number of esters is 1. The third kappa shape index (κ3) is 13.6. The van der Waals surface area contributed by atoms with Crippen LogP contribution in [0.15, 0.2) is 0 Å². The molecule has 0 aromatic heterocycles. The fraction of sp³-hybridized carbons (Fsp3) is 0.977. The van der Waals surface area contributed by atoms with Crippen LogP contribution in [0, 0.1) is 47.3 Å². The molecule has 0 aromatic rings. The van der Waals surface area contributed by atoms with Crippen molar-refractivity contribution in [2.24, 2.45) is 47.3 Å². The van der Waals surface area contributed by atoms with Crippen LogP contribution in [0.25, 0.3) is 0 Å². The molecule has 290 valence electrons. The highest BCUT2D eigenvalue weighted by Crippen LogP contribution is 2.63. The van der Waals surface area contributed by atoms with Crippen molar-refractivity contribution in [2.45, 2.75) is 199 Å². The predicted molar refractivity (Wildman–Crippen MR) is 202 cm³/mol. The summed E-state index contributed by atoms with van der Waals surface area (Å²) >= 11 is 0. The maximum Gasteiger partial charge on any atom is 0.305 e. The Bertz CT molecular complexity index is 918. The predicted octanol–water partition coefficient (Wildman–Crippen LogP) is 10.8. The van der Waals surface area contributed by atoms with Gasteiger partial charge in [0.25, 0.3) is 0 Å². The van der Waals surface area contributed by atoms with Crippen LogP contribution < -0.4 is 0 Å². The molecule has 5 rings (SSSR count). The van der Waals surface area contributed by atoms with Crippen LogP contribution in [-0.4, -0.2) is 56.0 Å². The smallest absolute Gasteiger partial charge is 0.305 e. The van der Waals surface area contributed by atoms with Crippen molar-refractivity contribution >= 4 is 5.97 Å². The van der Waals surface area contributed by atoms with E-state index in [-0.39, 0.29) is 18.2 Å². The molecule has 3 saturated carbocycles. The highest BCUT2D eigenvalue weighted by atomic mass is 16.6. The van der Waals surface area contributed by atoms with Gasteiger partial charge in [0.2, 0.25) is 0 Å². The van der Waals surface area contributed by atoms with Crippen LogP contribution in [0.5, 0.6) is 0 Å². The zero-order chi connectivity index (χ0) is 35.0. The molecule has 0 bridgehead atoms. The van der Waals surface area contributed by atoms with Gasteiger partial charge >= 0.3 is 5.97 Å². The van der Waals surface area contributed by atoms with E-state index < -0.39 is 6.29 Å². The molecular weight excluding hydrogens is 624 g/mol. The van der Waals surface area contributed by atoms with Gasteiger partial charge in [-0.3, -0.25) is 4.79 Å². The van der Waals surface area contributed by atoms with Crippen molar-refractivity contribution in [3.8, 4) is 0 Å². The number of carbonyl (C=O) groups excluding carboxylic acids is 1. The lowest BCUT2D eigenvalue weighted by Gasteiger charge is -2.61. The molecule has 0 aromatic carbocycles. The van der Waals surface area contributed by atoms with E-state index in [1.54, 1.807) is 12.8 Å². The molecule has 6 nitrogen and oxygen atoms in total. The van der Waals surface area contributed by atoms with Crippen LogP contribution in [0.1, 0.15) is 181 Å². The van der Waals surface area contributed by atoms with E-state index >= 15 is 0 Å².